The summed E-state index contributed by atoms with van der Waals surface area (Å²) in [6, 6.07) is 0. The van der Waals surface area contributed by atoms with E-state index in [4.69, 9.17) is 29.8 Å². The smallest absolute Gasteiger partial charge is 0.317 e. The second-order valence-electron chi connectivity index (χ2n) is 12.9. The highest BCUT2D eigenvalue weighted by Crippen LogP contribution is 2.30. The SMILES string of the molecule is CC(=O)C(C)(C)CC(C)(C)OCCOCCNC(C)(CN)C(=O)COCCOCCNC(C)(C)C(=O)CN(C)CC(=O)O. The van der Waals surface area contributed by atoms with E-state index in [9.17, 15) is 19.2 Å². The van der Waals surface area contributed by atoms with Crippen LogP contribution in [-0.2, 0) is 38.1 Å². The average Bonchev–Trinajstić information content (AvgIpc) is 2.87. The van der Waals surface area contributed by atoms with Crippen LogP contribution >= 0.6 is 0 Å². The van der Waals surface area contributed by atoms with Crippen LogP contribution in [0.1, 0.15) is 61.8 Å². The van der Waals surface area contributed by atoms with Crippen molar-refractivity contribution in [3.8, 4) is 0 Å². The zero-order valence-corrected chi connectivity index (χ0v) is 27.9. The number of hydrogen-bond acceptors (Lipinski definition) is 12. The Balaban J connectivity index is 4.14. The highest BCUT2D eigenvalue weighted by molar-refractivity contribution is 5.90. The molecule has 43 heavy (non-hydrogen) atoms. The summed E-state index contributed by atoms with van der Waals surface area (Å²) >= 11 is 0. The molecule has 13 heteroatoms. The number of carbonyl (C=O) groups is 4. The monoisotopic (exact) mass is 618 g/mol. The van der Waals surface area contributed by atoms with Gasteiger partial charge in [0.1, 0.15) is 12.4 Å². The molecule has 0 fully saturated rings. The molecule has 0 bridgehead atoms. The molecule has 0 spiro atoms. The summed E-state index contributed by atoms with van der Waals surface area (Å²) < 4.78 is 22.6. The zero-order valence-electron chi connectivity index (χ0n) is 27.9. The standard InChI is InChI=1S/C30H58N4O9/c1-23(35)27(2,3)21-28(4,5)43-17-16-41-13-11-33-30(8,22-31)25(37)20-42-15-14-40-12-10-32-29(6,7)24(36)18-34(9)19-26(38)39/h32-33H,10-22,31H2,1-9H3,(H,38,39). The van der Waals surface area contributed by atoms with Crippen LogP contribution in [0, 0.1) is 5.41 Å². The van der Waals surface area contributed by atoms with Crippen LogP contribution < -0.4 is 16.4 Å². The van der Waals surface area contributed by atoms with Crippen molar-refractivity contribution >= 4 is 23.3 Å². The highest BCUT2D eigenvalue weighted by atomic mass is 16.5. The van der Waals surface area contributed by atoms with Crippen molar-refractivity contribution < 1.29 is 43.2 Å². The van der Waals surface area contributed by atoms with Gasteiger partial charge in [-0.2, -0.15) is 0 Å². The molecule has 1 atom stereocenters. The Morgan fingerprint density at radius 3 is 1.84 bits per heavy atom. The minimum absolute atomic E-state index is 0.0227. The predicted octanol–water partition coefficient (Wildman–Crippen LogP) is 0.667. The van der Waals surface area contributed by atoms with Crippen molar-refractivity contribution in [3.63, 3.8) is 0 Å². The molecule has 0 radical (unpaired) electrons. The van der Waals surface area contributed by atoms with E-state index < -0.39 is 28.1 Å². The van der Waals surface area contributed by atoms with Gasteiger partial charge in [0.05, 0.1) is 69.4 Å². The number of carboxylic acid groups (broad SMARTS) is 1. The van der Waals surface area contributed by atoms with E-state index in [1.54, 1.807) is 34.7 Å². The number of Topliss-reactive ketones (excluding diaryl/α,β-unsaturated/α-hetero) is 3. The minimum Gasteiger partial charge on any atom is -0.480 e. The molecule has 1 unspecified atom stereocenters. The van der Waals surface area contributed by atoms with E-state index in [1.165, 1.54) is 4.90 Å². The summed E-state index contributed by atoms with van der Waals surface area (Å²) in [6.45, 7) is 17.2. The van der Waals surface area contributed by atoms with Gasteiger partial charge in [0.25, 0.3) is 0 Å². The third kappa shape index (κ3) is 17.9. The predicted molar refractivity (Wildman–Crippen MR) is 164 cm³/mol. The fraction of sp³-hybridized carbons (Fsp3) is 0.867. The van der Waals surface area contributed by atoms with Gasteiger partial charge in [-0.05, 0) is 55.0 Å². The van der Waals surface area contributed by atoms with Gasteiger partial charge in [0.15, 0.2) is 11.6 Å². The number of rotatable bonds is 27. The topological polar surface area (TPSA) is 179 Å². The van der Waals surface area contributed by atoms with Crippen molar-refractivity contribution in [2.45, 2.75) is 78.5 Å². The first-order chi connectivity index (χ1) is 19.8. The lowest BCUT2D eigenvalue weighted by atomic mass is 9.79. The molecule has 5 N–H and O–H groups in total. The summed E-state index contributed by atoms with van der Waals surface area (Å²) in [4.78, 5) is 49.1. The minimum atomic E-state index is -0.988. The molecule has 252 valence electrons. The molecule has 0 amide bonds. The van der Waals surface area contributed by atoms with Gasteiger partial charge in [-0.1, -0.05) is 13.8 Å². The summed E-state index contributed by atoms with van der Waals surface area (Å²) in [5.74, 6) is -1.16. The lowest BCUT2D eigenvalue weighted by molar-refractivity contribution is -0.138. The van der Waals surface area contributed by atoms with Gasteiger partial charge < -0.3 is 40.4 Å². The molecular formula is C30H58N4O9. The number of aliphatic carboxylic acids is 1. The third-order valence-corrected chi connectivity index (χ3v) is 7.26. The van der Waals surface area contributed by atoms with E-state index in [0.29, 0.717) is 45.9 Å². The molecule has 0 heterocycles. The average molecular weight is 619 g/mol. The molecule has 0 aromatic carbocycles. The first-order valence-electron chi connectivity index (χ1n) is 14.8. The molecule has 0 aromatic heterocycles. The van der Waals surface area contributed by atoms with Crippen LogP contribution in [0.5, 0.6) is 0 Å². The first-order valence-corrected chi connectivity index (χ1v) is 14.8. The summed E-state index contributed by atoms with van der Waals surface area (Å²) in [5.41, 5.74) is 3.18. The van der Waals surface area contributed by atoms with Crippen molar-refractivity contribution in [1.29, 1.82) is 0 Å². The van der Waals surface area contributed by atoms with Crippen LogP contribution in [-0.4, -0.2) is 136 Å². The number of ketones is 3. The lowest BCUT2D eigenvalue weighted by Gasteiger charge is -2.33. The molecule has 0 aliphatic carbocycles. The van der Waals surface area contributed by atoms with Crippen molar-refractivity contribution in [2.24, 2.45) is 11.1 Å². The van der Waals surface area contributed by atoms with Crippen LogP contribution in [0.2, 0.25) is 0 Å². The Kier molecular flexibility index (Phi) is 18.7. The maximum Gasteiger partial charge on any atom is 0.317 e. The number of hydrogen-bond donors (Lipinski definition) is 4. The Morgan fingerprint density at radius 2 is 1.30 bits per heavy atom. The van der Waals surface area contributed by atoms with E-state index in [0.717, 1.165) is 0 Å². The van der Waals surface area contributed by atoms with Gasteiger partial charge in [0.2, 0.25) is 0 Å². The van der Waals surface area contributed by atoms with Gasteiger partial charge in [-0.15, -0.1) is 0 Å². The quantitative estimate of drug-likeness (QED) is 0.0945. The molecule has 0 aromatic rings. The lowest BCUT2D eigenvalue weighted by Crippen LogP contribution is -2.57. The maximum atomic E-state index is 12.7. The van der Waals surface area contributed by atoms with E-state index in [1.807, 2.05) is 27.7 Å². The van der Waals surface area contributed by atoms with Crippen LogP contribution in [0.4, 0.5) is 0 Å². The molecule has 0 aliphatic rings. The Bertz CT molecular complexity index is 880. The Morgan fingerprint density at radius 1 is 0.767 bits per heavy atom. The molecular weight excluding hydrogens is 560 g/mol. The normalized spacial score (nSPS) is 14.1. The van der Waals surface area contributed by atoms with Crippen LogP contribution in [0.15, 0.2) is 0 Å². The van der Waals surface area contributed by atoms with Crippen molar-refractivity contribution in [3.05, 3.63) is 0 Å². The number of nitrogens with two attached hydrogens (primary N) is 1. The Hall–Kier alpha value is -1.84. The highest BCUT2D eigenvalue weighted by Gasteiger charge is 2.33. The van der Waals surface area contributed by atoms with Crippen LogP contribution in [0.3, 0.4) is 0 Å². The Labute approximate surface area is 257 Å². The second kappa shape index (κ2) is 19.5. The van der Waals surface area contributed by atoms with Crippen molar-refractivity contribution in [1.82, 2.24) is 15.5 Å². The van der Waals surface area contributed by atoms with Crippen molar-refractivity contribution in [2.75, 3.05) is 86.0 Å². The molecule has 0 aliphatic heterocycles. The van der Waals surface area contributed by atoms with Gasteiger partial charge >= 0.3 is 5.97 Å². The number of likely N-dealkylation sites (N-methyl/N-ethyl adjacent to an activating group) is 1. The summed E-state index contributed by atoms with van der Waals surface area (Å²) in [5, 5.41) is 15.1. The number of nitrogens with one attached hydrogen (secondary N) is 2. The number of ether oxygens (including phenoxy) is 4. The van der Waals surface area contributed by atoms with E-state index >= 15 is 0 Å². The van der Waals surface area contributed by atoms with Crippen LogP contribution in [0.25, 0.3) is 0 Å². The van der Waals surface area contributed by atoms with E-state index in [2.05, 4.69) is 10.6 Å². The maximum absolute atomic E-state index is 12.7. The number of carboxylic acids is 1. The van der Waals surface area contributed by atoms with Gasteiger partial charge in [-0.3, -0.25) is 24.1 Å². The fourth-order valence-electron chi connectivity index (χ4n) is 4.21. The summed E-state index contributed by atoms with van der Waals surface area (Å²) in [7, 11) is 1.58. The van der Waals surface area contributed by atoms with Gasteiger partial charge in [-0.25, -0.2) is 0 Å². The van der Waals surface area contributed by atoms with Gasteiger partial charge in [0, 0.05) is 25.0 Å². The molecule has 0 saturated heterocycles. The van der Waals surface area contributed by atoms with E-state index in [-0.39, 0.29) is 56.8 Å². The summed E-state index contributed by atoms with van der Waals surface area (Å²) in [6.07, 6.45) is 0.608. The first kappa shape index (κ1) is 41.2. The third-order valence-electron chi connectivity index (χ3n) is 7.26. The molecule has 13 nitrogen and oxygen atoms in total. The molecule has 0 saturated carbocycles. The fourth-order valence-corrected chi connectivity index (χ4v) is 4.21. The molecule has 0 rings (SSSR count). The largest absolute Gasteiger partial charge is 0.480 e. The second-order valence-corrected chi connectivity index (χ2v) is 12.9. The zero-order chi connectivity index (χ0) is 33.3. The number of nitrogens with zero attached hydrogens (tertiary/aromatic N) is 1. The number of carbonyl (C=O) groups excluding carboxylic acids is 3.